The molecule has 4 rings (SSSR count). The zero-order valence-electron chi connectivity index (χ0n) is 12.8. The number of benzene rings is 2. The van der Waals surface area contributed by atoms with Gasteiger partial charge >= 0.3 is 0 Å². The third-order valence-electron chi connectivity index (χ3n) is 4.37. The van der Waals surface area contributed by atoms with Gasteiger partial charge in [-0.3, -0.25) is 0 Å². The van der Waals surface area contributed by atoms with Crippen molar-refractivity contribution in [1.29, 1.82) is 0 Å². The number of nitrogens with one attached hydrogen (secondary N) is 1. The maximum absolute atomic E-state index is 4.41. The lowest BCUT2D eigenvalue weighted by molar-refractivity contribution is 0.431. The number of aryl methyl sites for hydroxylation is 1. The second-order valence-electron chi connectivity index (χ2n) is 5.94. The van der Waals surface area contributed by atoms with Crippen LogP contribution < -0.4 is 5.32 Å². The zero-order valence-corrected chi connectivity index (χ0v) is 14.4. The molecule has 0 bridgehead atoms. The molecule has 1 aromatic heterocycles. The Morgan fingerprint density at radius 3 is 2.48 bits per heavy atom. The van der Waals surface area contributed by atoms with Crippen LogP contribution in [-0.4, -0.2) is 14.8 Å². The van der Waals surface area contributed by atoms with Crippen LogP contribution in [0.5, 0.6) is 0 Å². The van der Waals surface area contributed by atoms with Crippen LogP contribution in [0.2, 0.25) is 0 Å². The van der Waals surface area contributed by atoms with E-state index in [0.29, 0.717) is 0 Å². The fourth-order valence-electron chi connectivity index (χ4n) is 3.10. The van der Waals surface area contributed by atoms with Gasteiger partial charge in [0.05, 0.1) is 12.1 Å². The molecule has 0 saturated heterocycles. The van der Waals surface area contributed by atoms with Gasteiger partial charge in [0, 0.05) is 4.47 Å². The standard InChI is InChI=1S/C18H17BrN4/c1-12-2-4-13(5-3-12)16-10-17(14-6-8-15(19)9-7-14)23-18(22-16)20-11-21-23/h2-9,11,16-17H,10H2,1H3,(H,20,21,22)/t16-,17+/m0/s1. The van der Waals surface area contributed by atoms with E-state index >= 15 is 0 Å². The Morgan fingerprint density at radius 2 is 1.74 bits per heavy atom. The maximum atomic E-state index is 4.41. The number of hydrogen-bond acceptors (Lipinski definition) is 3. The molecule has 2 atom stereocenters. The van der Waals surface area contributed by atoms with E-state index in [-0.39, 0.29) is 12.1 Å². The van der Waals surface area contributed by atoms with E-state index in [0.717, 1.165) is 16.8 Å². The minimum atomic E-state index is 0.188. The van der Waals surface area contributed by atoms with Crippen molar-refractivity contribution >= 4 is 21.9 Å². The Morgan fingerprint density at radius 1 is 1.04 bits per heavy atom. The van der Waals surface area contributed by atoms with Crippen molar-refractivity contribution in [3.05, 3.63) is 76.0 Å². The van der Waals surface area contributed by atoms with E-state index in [1.165, 1.54) is 16.7 Å². The van der Waals surface area contributed by atoms with Gasteiger partial charge in [0.2, 0.25) is 5.95 Å². The van der Waals surface area contributed by atoms with E-state index in [1.54, 1.807) is 6.33 Å². The van der Waals surface area contributed by atoms with Gasteiger partial charge in [0.1, 0.15) is 6.33 Å². The molecule has 23 heavy (non-hydrogen) atoms. The summed E-state index contributed by atoms with van der Waals surface area (Å²) in [6.07, 6.45) is 2.56. The molecule has 0 fully saturated rings. The van der Waals surface area contributed by atoms with Gasteiger partial charge in [-0.2, -0.15) is 10.1 Å². The molecule has 0 aliphatic carbocycles. The first kappa shape index (κ1) is 14.5. The molecule has 0 unspecified atom stereocenters. The molecule has 2 aromatic carbocycles. The Kier molecular flexibility index (Phi) is 3.65. The smallest absolute Gasteiger partial charge is 0.222 e. The predicted octanol–water partition coefficient (Wildman–Crippen LogP) is 4.50. The predicted molar refractivity (Wildman–Crippen MR) is 94.5 cm³/mol. The van der Waals surface area contributed by atoms with Crippen LogP contribution >= 0.6 is 15.9 Å². The molecule has 1 aliphatic rings. The number of aromatic nitrogens is 3. The summed E-state index contributed by atoms with van der Waals surface area (Å²) in [4.78, 5) is 4.37. The van der Waals surface area contributed by atoms with Crippen molar-refractivity contribution in [2.24, 2.45) is 0 Å². The van der Waals surface area contributed by atoms with Crippen molar-refractivity contribution < 1.29 is 0 Å². The van der Waals surface area contributed by atoms with Gasteiger partial charge in [-0.15, -0.1) is 0 Å². The lowest BCUT2D eigenvalue weighted by Crippen LogP contribution is -2.28. The Balaban J connectivity index is 1.71. The first-order valence-electron chi connectivity index (χ1n) is 7.69. The third-order valence-corrected chi connectivity index (χ3v) is 4.89. The second kappa shape index (κ2) is 5.81. The molecule has 0 radical (unpaired) electrons. The van der Waals surface area contributed by atoms with E-state index < -0.39 is 0 Å². The molecular weight excluding hydrogens is 352 g/mol. The monoisotopic (exact) mass is 368 g/mol. The van der Waals surface area contributed by atoms with Crippen LogP contribution in [0.15, 0.2) is 59.3 Å². The highest BCUT2D eigenvalue weighted by Gasteiger charge is 2.29. The average Bonchev–Trinajstić information content (AvgIpc) is 3.04. The number of rotatable bonds is 2. The van der Waals surface area contributed by atoms with E-state index in [4.69, 9.17) is 0 Å². The minimum Gasteiger partial charge on any atom is -0.348 e. The summed E-state index contributed by atoms with van der Waals surface area (Å²) >= 11 is 3.50. The fraction of sp³-hybridized carbons (Fsp3) is 0.222. The van der Waals surface area contributed by atoms with E-state index in [1.807, 2.05) is 4.68 Å². The lowest BCUT2D eigenvalue weighted by Gasteiger charge is -2.32. The largest absolute Gasteiger partial charge is 0.348 e. The lowest BCUT2D eigenvalue weighted by atomic mass is 9.93. The summed E-state index contributed by atoms with van der Waals surface area (Å²) in [6.45, 7) is 2.11. The topological polar surface area (TPSA) is 42.7 Å². The Bertz CT molecular complexity index is 808. The number of hydrogen-bond donors (Lipinski definition) is 1. The van der Waals surface area contributed by atoms with Gasteiger partial charge in [0.15, 0.2) is 0 Å². The minimum absolute atomic E-state index is 0.188. The zero-order chi connectivity index (χ0) is 15.8. The van der Waals surface area contributed by atoms with Crippen LogP contribution in [0.4, 0.5) is 5.95 Å². The van der Waals surface area contributed by atoms with Gasteiger partial charge < -0.3 is 5.32 Å². The molecule has 3 aromatic rings. The number of fused-ring (bicyclic) bond motifs is 1. The van der Waals surface area contributed by atoms with Crippen LogP contribution in [-0.2, 0) is 0 Å². The Labute approximate surface area is 143 Å². The molecular formula is C18H17BrN4. The van der Waals surface area contributed by atoms with Gasteiger partial charge in [-0.05, 0) is 36.6 Å². The highest BCUT2D eigenvalue weighted by atomic mass is 79.9. The second-order valence-corrected chi connectivity index (χ2v) is 6.85. The molecule has 116 valence electrons. The molecule has 0 amide bonds. The maximum Gasteiger partial charge on any atom is 0.222 e. The number of halogens is 1. The van der Waals surface area contributed by atoms with Gasteiger partial charge in [0.25, 0.3) is 0 Å². The summed E-state index contributed by atoms with van der Waals surface area (Å²) in [5, 5.41) is 7.91. The van der Waals surface area contributed by atoms with Crippen LogP contribution in [0.25, 0.3) is 0 Å². The summed E-state index contributed by atoms with van der Waals surface area (Å²) in [6, 6.07) is 17.6. The van der Waals surface area contributed by atoms with Crippen LogP contribution in [0, 0.1) is 6.92 Å². The summed E-state index contributed by atoms with van der Waals surface area (Å²) in [5.74, 6) is 0.828. The van der Waals surface area contributed by atoms with Crippen molar-refractivity contribution in [3.8, 4) is 0 Å². The summed E-state index contributed by atoms with van der Waals surface area (Å²) in [7, 11) is 0. The van der Waals surface area contributed by atoms with Crippen molar-refractivity contribution in [1.82, 2.24) is 14.8 Å². The highest BCUT2D eigenvalue weighted by molar-refractivity contribution is 9.10. The summed E-state index contributed by atoms with van der Waals surface area (Å²) < 4.78 is 3.07. The van der Waals surface area contributed by atoms with Crippen LogP contribution in [0.3, 0.4) is 0 Å². The molecule has 0 spiro atoms. The normalized spacial score (nSPS) is 19.9. The molecule has 0 saturated carbocycles. The third kappa shape index (κ3) is 2.77. The first-order valence-corrected chi connectivity index (χ1v) is 8.48. The highest BCUT2D eigenvalue weighted by Crippen LogP contribution is 2.37. The van der Waals surface area contributed by atoms with Gasteiger partial charge in [-0.25, -0.2) is 4.68 Å². The molecule has 1 aliphatic heterocycles. The molecule has 1 N–H and O–H groups in total. The van der Waals surface area contributed by atoms with E-state index in [2.05, 4.69) is 86.8 Å². The van der Waals surface area contributed by atoms with Gasteiger partial charge in [-0.1, -0.05) is 57.9 Å². The van der Waals surface area contributed by atoms with Crippen molar-refractivity contribution in [2.45, 2.75) is 25.4 Å². The molecule has 5 heteroatoms. The molecule has 4 nitrogen and oxygen atoms in total. The first-order chi connectivity index (χ1) is 11.2. The fourth-order valence-corrected chi connectivity index (χ4v) is 3.36. The Hall–Kier alpha value is -2.14. The number of anilines is 1. The van der Waals surface area contributed by atoms with Crippen molar-refractivity contribution in [3.63, 3.8) is 0 Å². The molecule has 2 heterocycles. The van der Waals surface area contributed by atoms with Crippen molar-refractivity contribution in [2.75, 3.05) is 5.32 Å². The van der Waals surface area contributed by atoms with Crippen LogP contribution in [0.1, 0.15) is 35.2 Å². The number of nitrogens with zero attached hydrogens (tertiary/aromatic N) is 3. The van der Waals surface area contributed by atoms with E-state index in [9.17, 15) is 0 Å². The quantitative estimate of drug-likeness (QED) is 0.724. The summed E-state index contributed by atoms with van der Waals surface area (Å²) in [5.41, 5.74) is 3.81. The SMILES string of the molecule is Cc1ccc([C@@H]2C[C@H](c3ccc(Br)cc3)n3ncnc3N2)cc1. The average molecular weight is 369 g/mol.